The normalized spacial score (nSPS) is 12.0. The van der Waals surface area contributed by atoms with E-state index in [4.69, 9.17) is 0 Å². The molecule has 0 amide bonds. The quantitative estimate of drug-likeness (QED) is 0.720. The van der Waals surface area contributed by atoms with Gasteiger partial charge in [0.1, 0.15) is 5.75 Å². The molecular formula is C17H13F3N2O3S. The molecule has 1 heterocycles. The van der Waals surface area contributed by atoms with Crippen molar-refractivity contribution in [1.82, 2.24) is 4.57 Å². The Morgan fingerprint density at radius 2 is 1.50 bits per heavy atom. The SMILES string of the molecule is O=S(=O)(Nc1ccccc1-n1cccc1)c1ccc(OC(F)(F)F)cc1. The molecule has 0 saturated heterocycles. The van der Waals surface area contributed by atoms with Crippen molar-refractivity contribution in [3.8, 4) is 11.4 Å². The van der Waals surface area contributed by atoms with Crippen LogP contribution in [0, 0.1) is 0 Å². The molecule has 136 valence electrons. The lowest BCUT2D eigenvalue weighted by molar-refractivity contribution is -0.274. The van der Waals surface area contributed by atoms with Gasteiger partial charge in [0.25, 0.3) is 10.0 Å². The maximum atomic E-state index is 12.5. The number of anilines is 1. The van der Waals surface area contributed by atoms with E-state index in [0.717, 1.165) is 24.3 Å². The largest absolute Gasteiger partial charge is 0.573 e. The van der Waals surface area contributed by atoms with Crippen molar-refractivity contribution < 1.29 is 26.3 Å². The second-order valence-electron chi connectivity index (χ2n) is 5.23. The first-order valence-electron chi connectivity index (χ1n) is 7.36. The molecule has 1 aromatic heterocycles. The Hall–Kier alpha value is -2.94. The van der Waals surface area contributed by atoms with Crippen LogP contribution in [0.2, 0.25) is 0 Å². The lowest BCUT2D eigenvalue weighted by Gasteiger charge is -2.14. The number of aromatic nitrogens is 1. The molecule has 5 nitrogen and oxygen atoms in total. The van der Waals surface area contributed by atoms with Gasteiger partial charge in [-0.3, -0.25) is 4.72 Å². The molecule has 0 bridgehead atoms. The molecule has 3 rings (SSSR count). The Labute approximate surface area is 147 Å². The summed E-state index contributed by atoms with van der Waals surface area (Å²) in [6.07, 6.45) is -1.32. The minimum atomic E-state index is -4.84. The first-order valence-corrected chi connectivity index (χ1v) is 8.84. The van der Waals surface area contributed by atoms with E-state index in [1.165, 1.54) is 0 Å². The number of alkyl halides is 3. The molecule has 0 aliphatic carbocycles. The van der Waals surface area contributed by atoms with Gasteiger partial charge in [0.15, 0.2) is 0 Å². The fraction of sp³-hybridized carbons (Fsp3) is 0.0588. The molecule has 0 saturated carbocycles. The van der Waals surface area contributed by atoms with Crippen LogP contribution in [-0.2, 0) is 10.0 Å². The monoisotopic (exact) mass is 382 g/mol. The van der Waals surface area contributed by atoms with E-state index >= 15 is 0 Å². The van der Waals surface area contributed by atoms with Gasteiger partial charge in [0, 0.05) is 12.4 Å². The van der Waals surface area contributed by atoms with Crippen molar-refractivity contribution in [3.63, 3.8) is 0 Å². The van der Waals surface area contributed by atoms with E-state index in [0.29, 0.717) is 11.4 Å². The lowest BCUT2D eigenvalue weighted by Crippen LogP contribution is -2.17. The van der Waals surface area contributed by atoms with Crippen LogP contribution in [0.4, 0.5) is 18.9 Å². The molecular weight excluding hydrogens is 369 g/mol. The van der Waals surface area contributed by atoms with Crippen molar-refractivity contribution in [2.75, 3.05) is 4.72 Å². The van der Waals surface area contributed by atoms with Gasteiger partial charge in [-0.15, -0.1) is 13.2 Å². The summed E-state index contributed by atoms with van der Waals surface area (Å²) in [5.41, 5.74) is 0.942. The third-order valence-electron chi connectivity index (χ3n) is 3.40. The number of para-hydroxylation sites is 2. The summed E-state index contributed by atoms with van der Waals surface area (Å²) in [7, 11) is -3.99. The van der Waals surface area contributed by atoms with Crippen molar-refractivity contribution in [3.05, 3.63) is 73.1 Å². The van der Waals surface area contributed by atoms with E-state index in [-0.39, 0.29) is 4.90 Å². The number of halogens is 3. The summed E-state index contributed by atoms with van der Waals surface area (Å²) >= 11 is 0. The van der Waals surface area contributed by atoms with Gasteiger partial charge in [-0.25, -0.2) is 8.42 Å². The predicted octanol–water partition coefficient (Wildman–Crippen LogP) is 4.18. The van der Waals surface area contributed by atoms with Gasteiger partial charge in [-0.05, 0) is 48.5 Å². The van der Waals surface area contributed by atoms with Crippen LogP contribution in [0.5, 0.6) is 5.75 Å². The first kappa shape index (κ1) is 17.9. The summed E-state index contributed by atoms with van der Waals surface area (Å²) in [6.45, 7) is 0. The number of hydrogen-bond donors (Lipinski definition) is 1. The first-order chi connectivity index (χ1) is 12.2. The topological polar surface area (TPSA) is 60.3 Å². The maximum absolute atomic E-state index is 12.5. The lowest BCUT2D eigenvalue weighted by atomic mass is 10.3. The summed E-state index contributed by atoms with van der Waals surface area (Å²) in [4.78, 5) is -0.186. The van der Waals surface area contributed by atoms with Gasteiger partial charge in [0.05, 0.1) is 16.3 Å². The maximum Gasteiger partial charge on any atom is 0.573 e. The van der Waals surface area contributed by atoms with Crippen LogP contribution in [-0.4, -0.2) is 19.3 Å². The number of sulfonamides is 1. The van der Waals surface area contributed by atoms with E-state index in [9.17, 15) is 21.6 Å². The van der Waals surface area contributed by atoms with Gasteiger partial charge in [0.2, 0.25) is 0 Å². The molecule has 0 atom stereocenters. The van der Waals surface area contributed by atoms with Crippen molar-refractivity contribution in [1.29, 1.82) is 0 Å². The molecule has 0 spiro atoms. The predicted molar refractivity (Wildman–Crippen MR) is 89.7 cm³/mol. The van der Waals surface area contributed by atoms with Gasteiger partial charge in [-0.2, -0.15) is 0 Å². The number of rotatable bonds is 5. The number of hydrogen-bond acceptors (Lipinski definition) is 3. The summed E-state index contributed by atoms with van der Waals surface area (Å²) in [5, 5.41) is 0. The molecule has 1 N–H and O–H groups in total. The zero-order valence-electron chi connectivity index (χ0n) is 13.1. The van der Waals surface area contributed by atoms with Crippen LogP contribution in [0.25, 0.3) is 5.69 Å². The second kappa shape index (κ2) is 6.75. The smallest absolute Gasteiger partial charge is 0.406 e. The number of nitrogens with one attached hydrogen (secondary N) is 1. The van der Waals surface area contributed by atoms with Gasteiger partial charge in [-0.1, -0.05) is 12.1 Å². The molecule has 9 heteroatoms. The Bertz CT molecular complexity index is 983. The second-order valence-corrected chi connectivity index (χ2v) is 6.91. The Balaban J connectivity index is 1.86. The average molecular weight is 382 g/mol. The van der Waals surface area contributed by atoms with E-state index in [1.807, 2.05) is 0 Å². The van der Waals surface area contributed by atoms with Crippen LogP contribution in [0.15, 0.2) is 78.0 Å². The highest BCUT2D eigenvalue weighted by atomic mass is 32.2. The number of benzene rings is 2. The third kappa shape index (κ3) is 4.17. The molecule has 3 aromatic rings. The van der Waals surface area contributed by atoms with Gasteiger partial charge >= 0.3 is 6.36 Å². The van der Waals surface area contributed by atoms with Crippen LogP contribution in [0.1, 0.15) is 0 Å². The zero-order chi connectivity index (χ0) is 18.8. The molecule has 0 aliphatic heterocycles. The third-order valence-corrected chi connectivity index (χ3v) is 4.78. The van der Waals surface area contributed by atoms with Crippen LogP contribution >= 0.6 is 0 Å². The average Bonchev–Trinajstić information content (AvgIpc) is 3.08. The van der Waals surface area contributed by atoms with Gasteiger partial charge < -0.3 is 9.30 Å². The standard InChI is InChI=1S/C17H13F3N2O3S/c18-17(19,20)25-13-7-9-14(10-8-13)26(23,24)21-15-5-1-2-6-16(15)22-11-3-4-12-22/h1-12,21H. The Morgan fingerprint density at radius 1 is 0.885 bits per heavy atom. The highest BCUT2D eigenvalue weighted by molar-refractivity contribution is 7.92. The zero-order valence-corrected chi connectivity index (χ0v) is 14.0. The summed E-state index contributed by atoms with van der Waals surface area (Å²) in [6, 6.07) is 14.3. The van der Waals surface area contributed by atoms with Crippen molar-refractivity contribution >= 4 is 15.7 Å². The number of ether oxygens (including phenoxy) is 1. The van der Waals surface area contributed by atoms with Crippen LogP contribution < -0.4 is 9.46 Å². The highest BCUT2D eigenvalue weighted by Crippen LogP contribution is 2.26. The van der Waals surface area contributed by atoms with E-state index < -0.39 is 22.1 Å². The molecule has 0 radical (unpaired) electrons. The van der Waals surface area contributed by atoms with E-state index in [2.05, 4.69) is 9.46 Å². The molecule has 0 unspecified atom stereocenters. The number of nitrogens with zero attached hydrogens (tertiary/aromatic N) is 1. The molecule has 0 aliphatic rings. The molecule has 0 fully saturated rings. The fourth-order valence-electron chi connectivity index (χ4n) is 2.30. The Morgan fingerprint density at radius 3 is 2.12 bits per heavy atom. The highest BCUT2D eigenvalue weighted by Gasteiger charge is 2.31. The minimum Gasteiger partial charge on any atom is -0.406 e. The molecule has 2 aromatic carbocycles. The fourth-order valence-corrected chi connectivity index (χ4v) is 3.38. The van der Waals surface area contributed by atoms with Crippen molar-refractivity contribution in [2.24, 2.45) is 0 Å². The van der Waals surface area contributed by atoms with Crippen LogP contribution in [0.3, 0.4) is 0 Å². The van der Waals surface area contributed by atoms with E-state index in [1.54, 1.807) is 53.4 Å². The Kier molecular flexibility index (Phi) is 4.64. The minimum absolute atomic E-state index is 0.186. The van der Waals surface area contributed by atoms with Crippen molar-refractivity contribution in [2.45, 2.75) is 11.3 Å². The summed E-state index contributed by atoms with van der Waals surface area (Å²) < 4.78 is 69.6. The molecule has 26 heavy (non-hydrogen) atoms. The summed E-state index contributed by atoms with van der Waals surface area (Å²) in [5.74, 6) is -0.496.